The number of nitrogens with one attached hydrogen (secondary N) is 1. The molecule has 2 saturated carbocycles. The Morgan fingerprint density at radius 3 is 2.59 bits per heavy atom. The van der Waals surface area contributed by atoms with Crippen LogP contribution < -0.4 is 27.5 Å². The lowest BCUT2D eigenvalue weighted by atomic mass is 9.73. The summed E-state index contributed by atoms with van der Waals surface area (Å²) in [7, 11) is 0. The van der Waals surface area contributed by atoms with Gasteiger partial charge in [-0.3, -0.25) is 31.8 Å². The summed E-state index contributed by atoms with van der Waals surface area (Å²) in [4.78, 5) is 30.8. The summed E-state index contributed by atoms with van der Waals surface area (Å²) in [6.07, 6.45) is 14.4. The predicted octanol–water partition coefficient (Wildman–Crippen LogP) is 0.356. The number of rotatable bonds is 19. The number of quaternary nitrogens is 1. The minimum absolute atomic E-state index is 0.103. The molecule has 4 fully saturated rings. The van der Waals surface area contributed by atoms with E-state index in [0.717, 1.165) is 96.4 Å². The molecular formula is C37H70N6O6+2. The number of ether oxygens (including phenoxy) is 2. The molecule has 9 unspecified atom stereocenters. The van der Waals surface area contributed by atoms with Gasteiger partial charge in [-0.05, 0) is 81.5 Å². The van der Waals surface area contributed by atoms with Crippen LogP contribution in [0.1, 0.15) is 129 Å². The molecule has 282 valence electrons. The summed E-state index contributed by atoms with van der Waals surface area (Å²) in [6.45, 7) is 6.35. The molecule has 12 heteroatoms. The topological polar surface area (TPSA) is 205 Å². The third kappa shape index (κ3) is 12.9. The van der Waals surface area contributed by atoms with Gasteiger partial charge in [-0.25, -0.2) is 0 Å². The number of piperidine rings is 1. The van der Waals surface area contributed by atoms with Crippen LogP contribution in [0.4, 0.5) is 0 Å². The van der Waals surface area contributed by atoms with Crippen LogP contribution in [0, 0.1) is 23.2 Å². The van der Waals surface area contributed by atoms with Gasteiger partial charge in [-0.15, -0.1) is 0 Å². The van der Waals surface area contributed by atoms with E-state index < -0.39 is 12.2 Å². The zero-order chi connectivity index (χ0) is 35.4. The van der Waals surface area contributed by atoms with Crippen molar-refractivity contribution in [3.8, 4) is 0 Å². The Labute approximate surface area is 294 Å². The van der Waals surface area contributed by atoms with Gasteiger partial charge < -0.3 is 29.9 Å². The number of hydrogen-bond acceptors (Lipinski definition) is 7. The number of nitrogens with two attached hydrogens (primary N) is 4. The first-order valence-electron chi connectivity index (χ1n) is 19.6. The number of aliphatic hydroxyl groups is 2. The lowest BCUT2D eigenvalue weighted by molar-refractivity contribution is -0.699. The van der Waals surface area contributed by atoms with Crippen molar-refractivity contribution in [2.24, 2.45) is 40.4 Å². The fraction of sp³-hybridized carbons (Fsp3) is 0.919. The highest BCUT2D eigenvalue weighted by Gasteiger charge is 2.47. The number of aliphatic hydroxyl groups excluding tert-OH is 2. The van der Waals surface area contributed by atoms with Gasteiger partial charge in [-0.2, -0.15) is 0 Å². The number of hydrogen-bond donors (Lipinski definition) is 7. The molecule has 11 N–H and O–H groups in total. The van der Waals surface area contributed by atoms with Crippen molar-refractivity contribution in [3.05, 3.63) is 0 Å². The summed E-state index contributed by atoms with van der Waals surface area (Å²) in [5.74, 6) is 0.626. The maximum atomic E-state index is 13.8. The quantitative estimate of drug-likeness (QED) is 0.0431. The van der Waals surface area contributed by atoms with E-state index in [-0.39, 0.29) is 59.6 Å². The Hall–Kier alpha value is -1.99. The van der Waals surface area contributed by atoms with Crippen LogP contribution >= 0.6 is 0 Å². The summed E-state index contributed by atoms with van der Waals surface area (Å²) < 4.78 is 12.3. The molecule has 4 rings (SSSR count). The number of carbonyl (C=O) groups is 2. The first-order chi connectivity index (χ1) is 23.4. The largest absolute Gasteiger partial charge is 0.462 e. The molecule has 0 aromatic rings. The molecule has 2 aliphatic heterocycles. The molecule has 0 radical (unpaired) electrons. The molecule has 0 aromatic carbocycles. The van der Waals surface area contributed by atoms with Crippen molar-refractivity contribution in [3.63, 3.8) is 0 Å². The lowest BCUT2D eigenvalue weighted by Crippen LogP contribution is -2.94. The third-order valence-electron chi connectivity index (χ3n) is 11.9. The maximum Gasteiger partial charge on any atom is 0.338 e. The highest BCUT2D eigenvalue weighted by Crippen LogP contribution is 2.44. The molecule has 2 heterocycles. The number of unbranched alkanes of at least 4 members (excludes halogenated alkanes) is 2. The fourth-order valence-electron chi connectivity index (χ4n) is 9.45. The second-order valence-electron chi connectivity index (χ2n) is 16.2. The zero-order valence-corrected chi connectivity index (χ0v) is 30.5. The van der Waals surface area contributed by atoms with Gasteiger partial charge in [0, 0.05) is 45.2 Å². The maximum absolute atomic E-state index is 13.8. The Morgan fingerprint density at radius 1 is 1.12 bits per heavy atom. The molecule has 2 aliphatic carbocycles. The number of likely N-dealkylation sites (tertiary alicyclic amines) is 1. The smallest absolute Gasteiger partial charge is 0.338 e. The number of guanidine groups is 1. The Bertz CT molecular complexity index is 1050. The molecule has 0 bridgehead atoms. The fourth-order valence-corrected chi connectivity index (χ4v) is 9.45. The summed E-state index contributed by atoms with van der Waals surface area (Å²) in [5.41, 5.74) is 17.6. The van der Waals surface area contributed by atoms with Gasteiger partial charge in [0.25, 0.3) is 0 Å². The standard InChI is InChI=1S/C37H68N6O6/c1-3-4-5-8-29(45)20-31(48-25(2)44)12-11-26-17-28(35(47)32(18-26)49-30-9-6-7-10-30)23-43-24-37(22-34(43)46,14-16-42-36(39)40)21-27-13-15-41-33(38)19-27/h26-33,35,41,45,47H,3-24,38H2,1-2H3,(H4,39,40,42)/p+2. The van der Waals surface area contributed by atoms with E-state index >= 15 is 0 Å². The molecule has 0 spiro atoms. The molecule has 0 aromatic heterocycles. The second kappa shape index (κ2) is 19.6. The summed E-state index contributed by atoms with van der Waals surface area (Å²) >= 11 is 0. The van der Waals surface area contributed by atoms with Gasteiger partial charge in [0.05, 0.1) is 37.5 Å². The highest BCUT2D eigenvalue weighted by atomic mass is 16.5. The van der Waals surface area contributed by atoms with E-state index in [2.05, 4.69) is 17.2 Å². The summed E-state index contributed by atoms with van der Waals surface area (Å²) in [6, 6.07) is 0. The minimum Gasteiger partial charge on any atom is -0.462 e. The van der Waals surface area contributed by atoms with Crippen molar-refractivity contribution in [1.29, 1.82) is 0 Å². The van der Waals surface area contributed by atoms with Gasteiger partial charge in [0.2, 0.25) is 5.91 Å². The summed E-state index contributed by atoms with van der Waals surface area (Å²) in [5, 5.41) is 24.7. The number of carbonyl (C=O) groups excluding carboxylic acids is 2. The molecule has 49 heavy (non-hydrogen) atoms. The van der Waals surface area contributed by atoms with Gasteiger partial charge in [-0.1, -0.05) is 39.0 Å². The third-order valence-corrected chi connectivity index (χ3v) is 11.9. The van der Waals surface area contributed by atoms with Gasteiger partial charge in [0.1, 0.15) is 12.3 Å². The van der Waals surface area contributed by atoms with E-state index in [1.54, 1.807) is 0 Å². The zero-order valence-electron chi connectivity index (χ0n) is 30.5. The van der Waals surface area contributed by atoms with Crippen molar-refractivity contribution in [1.82, 2.24) is 4.90 Å². The van der Waals surface area contributed by atoms with Crippen molar-refractivity contribution < 1.29 is 39.6 Å². The van der Waals surface area contributed by atoms with E-state index in [1.807, 2.05) is 4.90 Å². The Morgan fingerprint density at radius 2 is 1.90 bits per heavy atom. The molecule has 4 aliphatic rings. The second-order valence-corrected chi connectivity index (χ2v) is 16.2. The Kier molecular flexibility index (Phi) is 15.9. The first kappa shape index (κ1) is 39.8. The van der Waals surface area contributed by atoms with E-state index in [1.165, 1.54) is 6.92 Å². The molecule has 2 saturated heterocycles. The van der Waals surface area contributed by atoms with Crippen LogP contribution in [0.15, 0.2) is 0 Å². The van der Waals surface area contributed by atoms with Crippen molar-refractivity contribution in [2.75, 3.05) is 26.2 Å². The minimum atomic E-state index is -0.649. The van der Waals surface area contributed by atoms with Crippen LogP contribution in [0.25, 0.3) is 0 Å². The average Bonchev–Trinajstić information content (AvgIpc) is 3.65. The Balaban J connectivity index is 1.44. The first-order valence-corrected chi connectivity index (χ1v) is 19.6. The number of nitrogens with zero attached hydrogens (tertiary/aromatic N) is 1. The molecule has 12 nitrogen and oxygen atoms in total. The monoisotopic (exact) mass is 695 g/mol. The van der Waals surface area contributed by atoms with E-state index in [4.69, 9.17) is 26.7 Å². The van der Waals surface area contributed by atoms with Gasteiger partial charge >= 0.3 is 11.9 Å². The normalized spacial score (nSPS) is 32.3. The highest BCUT2D eigenvalue weighted by molar-refractivity contribution is 5.79. The van der Waals surface area contributed by atoms with Crippen LogP contribution in [-0.2, 0) is 19.1 Å². The van der Waals surface area contributed by atoms with Crippen molar-refractivity contribution in [2.45, 2.75) is 166 Å². The van der Waals surface area contributed by atoms with Crippen molar-refractivity contribution >= 4 is 17.8 Å². The molecular weight excluding hydrogens is 624 g/mol. The molecule has 9 atom stereocenters. The van der Waals surface area contributed by atoms with Gasteiger partial charge in [0.15, 0.2) is 0 Å². The van der Waals surface area contributed by atoms with Crippen LogP contribution in [0.3, 0.4) is 0 Å². The van der Waals surface area contributed by atoms with E-state index in [9.17, 15) is 19.8 Å². The number of esters is 1. The van der Waals surface area contributed by atoms with Crippen LogP contribution in [0.5, 0.6) is 0 Å². The number of amides is 1. The lowest BCUT2D eigenvalue weighted by Gasteiger charge is -2.42. The average molecular weight is 695 g/mol. The SMILES string of the molecule is CCCCCC(O)CC(CCC1CC(CN2CC(CC[NH+]=C(N)N)(CC3CC[NH2+]C(N)C3)CC2=O)C(O)C(OC2CCCC2)C1)OC(C)=O. The van der Waals surface area contributed by atoms with E-state index in [0.29, 0.717) is 51.2 Å². The van der Waals surface area contributed by atoms with Crippen LogP contribution in [0.2, 0.25) is 0 Å². The van der Waals surface area contributed by atoms with Crippen LogP contribution in [-0.4, -0.2) is 95.8 Å². The predicted molar refractivity (Wildman–Crippen MR) is 188 cm³/mol. The molecule has 1 amide bonds.